The van der Waals surface area contributed by atoms with Crippen molar-refractivity contribution >= 4 is 28.7 Å². The smallest absolute Gasteiger partial charge is 0.329 e. The number of piperidine rings is 1. The Hall–Kier alpha value is -1.77. The summed E-state index contributed by atoms with van der Waals surface area (Å²) in [5.74, 6) is -0.993. The summed E-state index contributed by atoms with van der Waals surface area (Å²) in [5.41, 5.74) is -1.17. The minimum Gasteiger partial charge on any atom is -0.480 e. The Morgan fingerprint density at radius 2 is 2.28 bits per heavy atom. The van der Waals surface area contributed by atoms with Gasteiger partial charge >= 0.3 is 12.0 Å². The maximum atomic E-state index is 12.0. The highest BCUT2D eigenvalue weighted by atomic mass is 32.1. The maximum Gasteiger partial charge on any atom is 0.329 e. The first-order valence-corrected chi connectivity index (χ1v) is 6.28. The molecule has 1 saturated heterocycles. The molecule has 1 unspecified atom stereocenters. The van der Waals surface area contributed by atoms with Gasteiger partial charge in [-0.05, 0) is 31.4 Å². The molecule has 2 amide bonds. The van der Waals surface area contributed by atoms with E-state index in [-0.39, 0.29) is 5.13 Å². The second kappa shape index (κ2) is 4.84. The Labute approximate surface area is 107 Å². The largest absolute Gasteiger partial charge is 0.480 e. The second-order valence-electron chi connectivity index (χ2n) is 4.29. The van der Waals surface area contributed by atoms with E-state index in [0.29, 0.717) is 13.0 Å². The van der Waals surface area contributed by atoms with E-state index >= 15 is 0 Å². The van der Waals surface area contributed by atoms with Crippen molar-refractivity contribution < 1.29 is 14.7 Å². The van der Waals surface area contributed by atoms with Crippen molar-refractivity contribution in [2.75, 3.05) is 11.9 Å². The molecule has 1 aliphatic heterocycles. The molecule has 2 heterocycles. The van der Waals surface area contributed by atoms with E-state index in [4.69, 9.17) is 0 Å². The van der Waals surface area contributed by atoms with Crippen LogP contribution in [0.4, 0.5) is 9.93 Å². The number of amides is 2. The number of hydrogen-bond donors (Lipinski definition) is 2. The summed E-state index contributed by atoms with van der Waals surface area (Å²) < 4.78 is 3.52. The molecule has 98 valence electrons. The van der Waals surface area contributed by atoms with Gasteiger partial charge in [-0.2, -0.15) is 0 Å². The Kier molecular flexibility index (Phi) is 3.41. The first-order valence-electron chi connectivity index (χ1n) is 5.51. The van der Waals surface area contributed by atoms with Gasteiger partial charge < -0.3 is 10.0 Å². The van der Waals surface area contributed by atoms with Crippen molar-refractivity contribution in [3.8, 4) is 0 Å². The molecule has 0 bridgehead atoms. The highest BCUT2D eigenvalue weighted by molar-refractivity contribution is 7.09. The average molecular weight is 271 g/mol. The van der Waals surface area contributed by atoms with Crippen LogP contribution in [0.3, 0.4) is 0 Å². The zero-order valence-electron chi connectivity index (χ0n) is 9.79. The number of carboxylic acids is 1. The summed E-state index contributed by atoms with van der Waals surface area (Å²) >= 11 is 0.946. The number of carbonyl (C=O) groups excluding carboxylic acids is 1. The molecular weight excluding hydrogens is 258 g/mol. The fraction of sp³-hybridized carbons (Fsp3) is 0.667. The summed E-state index contributed by atoms with van der Waals surface area (Å²) in [6, 6.07) is -0.474. The van der Waals surface area contributed by atoms with E-state index in [9.17, 15) is 14.7 Å². The van der Waals surface area contributed by atoms with Crippen LogP contribution in [0.5, 0.6) is 0 Å². The summed E-state index contributed by atoms with van der Waals surface area (Å²) in [4.78, 5) is 24.7. The van der Waals surface area contributed by atoms with Gasteiger partial charge in [-0.3, -0.25) is 5.32 Å². The van der Waals surface area contributed by atoms with E-state index < -0.39 is 17.5 Å². The standard InChI is InChI=1S/C9H13N5O3S/c1-9(6(15)16)4-2-3-5-14(9)8(17)10-7-11-12-13-18-7/h2-5H2,1H3,(H,15,16)(H,10,11,13,17). The lowest BCUT2D eigenvalue weighted by atomic mass is 9.89. The topological polar surface area (TPSA) is 108 Å². The molecular formula is C9H13N5O3S. The maximum absolute atomic E-state index is 12.0. The van der Waals surface area contributed by atoms with Crippen molar-refractivity contribution in [3.63, 3.8) is 0 Å². The molecule has 0 saturated carbocycles. The quantitative estimate of drug-likeness (QED) is 0.823. The van der Waals surface area contributed by atoms with Crippen LogP contribution in [-0.2, 0) is 4.79 Å². The monoisotopic (exact) mass is 271 g/mol. The van der Waals surface area contributed by atoms with Gasteiger partial charge in [0.1, 0.15) is 5.54 Å². The third kappa shape index (κ3) is 2.26. The van der Waals surface area contributed by atoms with Crippen LogP contribution in [0.1, 0.15) is 26.2 Å². The molecule has 1 aliphatic rings. The predicted molar refractivity (Wildman–Crippen MR) is 63.3 cm³/mol. The van der Waals surface area contributed by atoms with Crippen LogP contribution in [0, 0.1) is 0 Å². The molecule has 2 rings (SSSR count). The van der Waals surface area contributed by atoms with Gasteiger partial charge in [0.05, 0.1) is 0 Å². The van der Waals surface area contributed by atoms with E-state index in [1.807, 2.05) is 0 Å². The number of hydrogen-bond acceptors (Lipinski definition) is 6. The summed E-state index contributed by atoms with van der Waals surface area (Å²) in [7, 11) is 0. The lowest BCUT2D eigenvalue weighted by Gasteiger charge is -2.41. The number of urea groups is 1. The highest BCUT2D eigenvalue weighted by Gasteiger charge is 2.44. The summed E-state index contributed by atoms with van der Waals surface area (Å²) in [6.45, 7) is 1.98. The highest BCUT2D eigenvalue weighted by Crippen LogP contribution is 2.28. The molecule has 18 heavy (non-hydrogen) atoms. The molecule has 1 aromatic rings. The van der Waals surface area contributed by atoms with E-state index in [2.05, 4.69) is 20.1 Å². The molecule has 0 spiro atoms. The number of nitrogens with zero attached hydrogens (tertiary/aromatic N) is 4. The van der Waals surface area contributed by atoms with Gasteiger partial charge in [-0.1, -0.05) is 9.59 Å². The third-order valence-electron chi connectivity index (χ3n) is 3.11. The van der Waals surface area contributed by atoms with Crippen LogP contribution in [0.2, 0.25) is 0 Å². The number of aliphatic carboxylic acids is 1. The molecule has 0 aromatic carbocycles. The third-order valence-corrected chi connectivity index (χ3v) is 3.62. The summed E-state index contributed by atoms with van der Waals surface area (Å²) in [5, 5.41) is 19.0. The Morgan fingerprint density at radius 1 is 1.50 bits per heavy atom. The van der Waals surface area contributed by atoms with Crippen LogP contribution in [-0.4, -0.2) is 48.9 Å². The first-order chi connectivity index (χ1) is 8.54. The number of carbonyl (C=O) groups is 2. The van der Waals surface area contributed by atoms with Crippen molar-refractivity contribution in [2.24, 2.45) is 0 Å². The van der Waals surface area contributed by atoms with Gasteiger partial charge in [0, 0.05) is 18.1 Å². The minimum absolute atomic E-state index is 0.262. The zero-order chi connectivity index (χ0) is 13.2. The Bertz CT molecular complexity index is 451. The van der Waals surface area contributed by atoms with Crippen LogP contribution >= 0.6 is 11.5 Å². The van der Waals surface area contributed by atoms with E-state index in [0.717, 1.165) is 24.4 Å². The lowest BCUT2D eigenvalue weighted by Crippen LogP contribution is -2.58. The zero-order valence-corrected chi connectivity index (χ0v) is 10.6. The minimum atomic E-state index is -1.17. The van der Waals surface area contributed by atoms with Gasteiger partial charge in [0.15, 0.2) is 0 Å². The molecule has 8 nitrogen and oxygen atoms in total. The van der Waals surface area contributed by atoms with Gasteiger partial charge in [0.25, 0.3) is 0 Å². The van der Waals surface area contributed by atoms with Gasteiger partial charge in [-0.15, -0.1) is 0 Å². The molecule has 0 aliphatic carbocycles. The molecule has 1 atom stereocenters. The fourth-order valence-electron chi connectivity index (χ4n) is 2.01. The number of rotatable bonds is 2. The van der Waals surface area contributed by atoms with Gasteiger partial charge in [0.2, 0.25) is 5.13 Å². The molecule has 0 radical (unpaired) electrons. The second-order valence-corrected chi connectivity index (χ2v) is 5.02. The van der Waals surface area contributed by atoms with Crippen molar-refractivity contribution in [1.82, 2.24) is 19.7 Å². The molecule has 1 aromatic heterocycles. The Balaban J connectivity index is 2.14. The van der Waals surface area contributed by atoms with Crippen molar-refractivity contribution in [3.05, 3.63) is 0 Å². The number of likely N-dealkylation sites (tertiary alicyclic amines) is 1. The lowest BCUT2D eigenvalue weighted by molar-refractivity contribution is -0.150. The SMILES string of the molecule is CC1(C(=O)O)CCCCN1C(=O)Nc1nnns1. The van der Waals surface area contributed by atoms with Gasteiger partial charge in [-0.25, -0.2) is 9.59 Å². The van der Waals surface area contributed by atoms with Crippen LogP contribution in [0.15, 0.2) is 0 Å². The Morgan fingerprint density at radius 3 is 2.89 bits per heavy atom. The normalized spacial score (nSPS) is 23.7. The molecule has 2 N–H and O–H groups in total. The molecule has 1 fully saturated rings. The van der Waals surface area contributed by atoms with Crippen molar-refractivity contribution in [1.29, 1.82) is 0 Å². The number of nitrogens with one attached hydrogen (secondary N) is 1. The first kappa shape index (κ1) is 12.7. The van der Waals surface area contributed by atoms with E-state index in [1.54, 1.807) is 6.92 Å². The number of anilines is 1. The van der Waals surface area contributed by atoms with Crippen molar-refractivity contribution in [2.45, 2.75) is 31.7 Å². The number of carboxylic acid groups (broad SMARTS) is 1. The molecule has 9 heteroatoms. The van der Waals surface area contributed by atoms with Crippen LogP contribution in [0.25, 0.3) is 0 Å². The summed E-state index contributed by atoms with van der Waals surface area (Å²) in [6.07, 6.45) is 2.04. The van der Waals surface area contributed by atoms with Crippen LogP contribution < -0.4 is 5.32 Å². The average Bonchev–Trinajstić information content (AvgIpc) is 2.82. The van der Waals surface area contributed by atoms with E-state index in [1.165, 1.54) is 4.90 Å². The predicted octanol–water partition coefficient (Wildman–Crippen LogP) is 0.794. The number of aromatic nitrogens is 3. The fourth-order valence-corrected chi connectivity index (χ4v) is 2.37.